The van der Waals surface area contributed by atoms with E-state index < -0.39 is 23.7 Å². The molecule has 2 rings (SSSR count). The molecule has 5 nitrogen and oxygen atoms in total. The Labute approximate surface area is 133 Å². The Morgan fingerprint density at radius 3 is 2.64 bits per heavy atom. The van der Waals surface area contributed by atoms with E-state index >= 15 is 0 Å². The Morgan fingerprint density at radius 2 is 2.00 bits per heavy atom. The summed E-state index contributed by atoms with van der Waals surface area (Å²) in [5.74, 6) is -3.05. The first-order valence-corrected chi connectivity index (χ1v) is 7.25. The summed E-state index contributed by atoms with van der Waals surface area (Å²) in [5, 5.41) is 12.4. The zero-order chi connectivity index (χ0) is 16.3. The lowest BCUT2D eigenvalue weighted by atomic mass is 9.82. The van der Waals surface area contributed by atoms with Crippen molar-refractivity contribution in [3.05, 3.63) is 40.9 Å². The Bertz CT molecular complexity index is 653. The number of amides is 1. The number of allylic oxidation sites excluding steroid dienone is 2. The van der Waals surface area contributed by atoms with Crippen molar-refractivity contribution in [2.24, 2.45) is 11.8 Å². The van der Waals surface area contributed by atoms with Gasteiger partial charge in [-0.05, 0) is 31.9 Å². The number of carboxylic acid groups (broad SMARTS) is 1. The van der Waals surface area contributed by atoms with Gasteiger partial charge in [0, 0.05) is 16.3 Å². The molecule has 0 unspecified atom stereocenters. The van der Waals surface area contributed by atoms with Crippen LogP contribution in [-0.2, 0) is 9.59 Å². The fraction of sp³-hybridized carbons (Fsp3) is 0.312. The summed E-state index contributed by atoms with van der Waals surface area (Å²) < 4.78 is 0. The van der Waals surface area contributed by atoms with Crippen LogP contribution in [0.15, 0.2) is 35.4 Å². The van der Waals surface area contributed by atoms with E-state index in [4.69, 9.17) is 11.6 Å². The number of halogens is 1. The van der Waals surface area contributed by atoms with E-state index in [0.717, 1.165) is 0 Å². The van der Waals surface area contributed by atoms with E-state index in [0.29, 0.717) is 16.3 Å². The minimum absolute atomic E-state index is 0.108. The molecule has 2 atom stereocenters. The number of carbonyl (C=O) groups is 3. The van der Waals surface area contributed by atoms with Crippen LogP contribution in [0.1, 0.15) is 30.1 Å². The lowest BCUT2D eigenvalue weighted by molar-refractivity contribution is -0.146. The molecule has 0 radical (unpaired) electrons. The van der Waals surface area contributed by atoms with Crippen molar-refractivity contribution in [2.75, 3.05) is 5.32 Å². The van der Waals surface area contributed by atoms with E-state index in [1.165, 1.54) is 6.92 Å². The van der Waals surface area contributed by atoms with Crippen molar-refractivity contribution in [3.8, 4) is 0 Å². The van der Waals surface area contributed by atoms with Gasteiger partial charge in [-0.25, -0.2) is 0 Å². The van der Waals surface area contributed by atoms with E-state index in [-0.39, 0.29) is 18.6 Å². The fourth-order valence-corrected chi connectivity index (χ4v) is 2.71. The number of ketones is 1. The van der Waals surface area contributed by atoms with Crippen LogP contribution in [0.5, 0.6) is 0 Å². The fourth-order valence-electron chi connectivity index (χ4n) is 2.45. The smallest absolute Gasteiger partial charge is 0.307 e. The predicted molar refractivity (Wildman–Crippen MR) is 82.9 cm³/mol. The Hall–Kier alpha value is -2.14. The van der Waals surface area contributed by atoms with Crippen LogP contribution in [-0.4, -0.2) is 22.8 Å². The molecule has 0 aromatic heterocycles. The third-order valence-electron chi connectivity index (χ3n) is 3.68. The summed E-state index contributed by atoms with van der Waals surface area (Å²) in [4.78, 5) is 35.0. The number of carbonyl (C=O) groups excluding carboxylic acids is 2. The maximum atomic E-state index is 12.4. The van der Waals surface area contributed by atoms with Crippen molar-refractivity contribution in [1.82, 2.24) is 0 Å². The lowest BCUT2D eigenvalue weighted by Crippen LogP contribution is -2.35. The highest BCUT2D eigenvalue weighted by Gasteiger charge is 2.36. The average Bonchev–Trinajstić information content (AvgIpc) is 2.47. The zero-order valence-electron chi connectivity index (χ0n) is 12.0. The summed E-state index contributed by atoms with van der Waals surface area (Å²) in [6.45, 7) is 1.44. The van der Waals surface area contributed by atoms with Crippen LogP contribution >= 0.6 is 11.6 Å². The van der Waals surface area contributed by atoms with E-state index in [9.17, 15) is 19.5 Å². The summed E-state index contributed by atoms with van der Waals surface area (Å²) in [5.41, 5.74) is 0.946. The number of nitrogens with one attached hydrogen (secondary N) is 1. The van der Waals surface area contributed by atoms with Crippen LogP contribution in [0.3, 0.4) is 0 Å². The summed E-state index contributed by atoms with van der Waals surface area (Å²) in [6, 6.07) is 6.53. The van der Waals surface area contributed by atoms with Gasteiger partial charge in [-0.3, -0.25) is 14.4 Å². The molecule has 0 spiro atoms. The van der Waals surface area contributed by atoms with Gasteiger partial charge >= 0.3 is 5.97 Å². The minimum Gasteiger partial charge on any atom is -0.481 e. The molecule has 22 heavy (non-hydrogen) atoms. The molecule has 1 aliphatic carbocycles. The van der Waals surface area contributed by atoms with Crippen molar-refractivity contribution < 1.29 is 19.5 Å². The Morgan fingerprint density at radius 1 is 1.27 bits per heavy atom. The third kappa shape index (κ3) is 3.74. The minimum atomic E-state index is -1.02. The van der Waals surface area contributed by atoms with Gasteiger partial charge in [-0.15, -0.1) is 0 Å². The number of Topliss-reactive ketones (excluding diaryl/α,β-unsaturated/α-hetero) is 1. The number of hydrogen-bond donors (Lipinski definition) is 2. The van der Waals surface area contributed by atoms with Crippen LogP contribution in [0, 0.1) is 11.8 Å². The summed E-state index contributed by atoms with van der Waals surface area (Å²) >= 11 is 5.94. The second kappa shape index (κ2) is 6.75. The molecule has 0 saturated carbocycles. The van der Waals surface area contributed by atoms with Crippen LogP contribution in [0.2, 0.25) is 0 Å². The van der Waals surface area contributed by atoms with Crippen LogP contribution in [0.4, 0.5) is 5.69 Å². The number of benzene rings is 1. The van der Waals surface area contributed by atoms with Crippen molar-refractivity contribution in [1.29, 1.82) is 0 Å². The van der Waals surface area contributed by atoms with Gasteiger partial charge in [0.2, 0.25) is 5.91 Å². The van der Waals surface area contributed by atoms with Gasteiger partial charge in [0.1, 0.15) is 0 Å². The topological polar surface area (TPSA) is 83.5 Å². The van der Waals surface area contributed by atoms with Gasteiger partial charge < -0.3 is 10.4 Å². The molecular weight excluding hydrogens is 306 g/mol. The largest absolute Gasteiger partial charge is 0.481 e. The summed E-state index contributed by atoms with van der Waals surface area (Å²) in [6.07, 6.45) is 2.08. The first-order chi connectivity index (χ1) is 10.4. The Balaban J connectivity index is 2.17. The molecule has 0 heterocycles. The highest BCUT2D eigenvalue weighted by Crippen LogP contribution is 2.32. The van der Waals surface area contributed by atoms with Gasteiger partial charge in [-0.1, -0.05) is 29.8 Å². The maximum Gasteiger partial charge on any atom is 0.307 e. The second-order valence-corrected chi connectivity index (χ2v) is 5.75. The standard InChI is InChI=1S/C16H16ClNO4/c1-9(19)10-3-2-4-12(7-10)18-15(20)14-8-11(17)5-6-13(14)16(21)22/h2-5,7,13-14H,6,8H2,1H3,(H,18,20)(H,21,22)/t13-,14+/m1/s1. The molecule has 2 N–H and O–H groups in total. The number of carboxylic acids is 1. The number of hydrogen-bond acceptors (Lipinski definition) is 3. The predicted octanol–water partition coefficient (Wildman–Crippen LogP) is 3.06. The molecule has 0 fully saturated rings. The molecular formula is C16H16ClNO4. The van der Waals surface area contributed by atoms with Gasteiger partial charge in [0.25, 0.3) is 0 Å². The molecule has 1 aromatic carbocycles. The second-order valence-electron chi connectivity index (χ2n) is 5.27. The normalized spacial score (nSPS) is 20.9. The van der Waals surface area contributed by atoms with Gasteiger partial charge in [0.05, 0.1) is 11.8 Å². The molecule has 0 bridgehead atoms. The number of rotatable bonds is 4. The average molecular weight is 322 g/mol. The van der Waals surface area contributed by atoms with Crippen LogP contribution < -0.4 is 5.32 Å². The quantitative estimate of drug-likeness (QED) is 0.835. The monoisotopic (exact) mass is 321 g/mol. The van der Waals surface area contributed by atoms with Crippen molar-refractivity contribution in [3.63, 3.8) is 0 Å². The first kappa shape index (κ1) is 16.2. The van der Waals surface area contributed by atoms with Gasteiger partial charge in [0.15, 0.2) is 5.78 Å². The van der Waals surface area contributed by atoms with E-state index in [2.05, 4.69) is 5.32 Å². The number of aliphatic carboxylic acids is 1. The highest BCUT2D eigenvalue weighted by molar-refractivity contribution is 6.29. The molecule has 1 aliphatic rings. The Kier molecular flexibility index (Phi) is 4.98. The third-order valence-corrected chi connectivity index (χ3v) is 3.99. The molecule has 0 aliphatic heterocycles. The lowest BCUT2D eigenvalue weighted by Gasteiger charge is -2.25. The van der Waals surface area contributed by atoms with Crippen molar-refractivity contribution >= 4 is 34.9 Å². The SMILES string of the molecule is CC(=O)c1cccc(NC(=O)[C@H]2CC(Cl)=CC[C@H]2C(=O)O)c1. The van der Waals surface area contributed by atoms with E-state index in [1.54, 1.807) is 30.3 Å². The van der Waals surface area contributed by atoms with Crippen molar-refractivity contribution in [2.45, 2.75) is 19.8 Å². The highest BCUT2D eigenvalue weighted by atomic mass is 35.5. The maximum absolute atomic E-state index is 12.4. The van der Waals surface area contributed by atoms with Crippen LogP contribution in [0.25, 0.3) is 0 Å². The molecule has 116 valence electrons. The molecule has 6 heteroatoms. The molecule has 1 amide bonds. The number of anilines is 1. The van der Waals surface area contributed by atoms with E-state index in [1.807, 2.05) is 0 Å². The molecule has 0 saturated heterocycles. The molecule has 1 aromatic rings. The van der Waals surface area contributed by atoms with Gasteiger partial charge in [-0.2, -0.15) is 0 Å². The first-order valence-electron chi connectivity index (χ1n) is 6.87. The summed E-state index contributed by atoms with van der Waals surface area (Å²) in [7, 11) is 0. The zero-order valence-corrected chi connectivity index (χ0v) is 12.8.